The van der Waals surface area contributed by atoms with Gasteiger partial charge in [0, 0.05) is 67.8 Å². The van der Waals surface area contributed by atoms with Crippen LogP contribution in [0.2, 0.25) is 0 Å². The summed E-state index contributed by atoms with van der Waals surface area (Å²) in [5.41, 5.74) is 2.94. The Bertz CT molecular complexity index is 1680. The molecule has 0 spiro atoms. The number of piperazine rings is 1. The zero-order chi connectivity index (χ0) is 40.8. The van der Waals surface area contributed by atoms with Crippen molar-refractivity contribution in [2.75, 3.05) is 48.3 Å². The fourth-order valence-electron chi connectivity index (χ4n) is 7.30. The fourth-order valence-corrected chi connectivity index (χ4v) is 7.30. The molecule has 0 radical (unpaired) electrons. The lowest BCUT2D eigenvalue weighted by Gasteiger charge is -2.36. The predicted octanol–water partition coefficient (Wildman–Crippen LogP) is 7.94. The third-order valence-corrected chi connectivity index (χ3v) is 10.6. The molecular weight excluding hydrogens is 719 g/mol. The third kappa shape index (κ3) is 15.8. The summed E-state index contributed by atoms with van der Waals surface area (Å²) in [5.74, 6) is 0.414. The molecule has 3 aromatic rings. The smallest absolute Gasteiger partial charge is 0.270 e. The molecule has 3 amide bonds. The molecule has 0 bridgehead atoms. The lowest BCUT2D eigenvalue weighted by molar-refractivity contribution is -0.123. The number of carbonyl (C=O) groups excluding carboxylic acids is 3. The number of hydrogen-bond acceptors (Lipinski definition) is 8. The molecule has 4 rings (SSSR count). The van der Waals surface area contributed by atoms with Gasteiger partial charge in [-0.2, -0.15) is 0 Å². The monoisotopic (exact) mass is 788 g/mol. The average Bonchev–Trinajstić information content (AvgIpc) is 3.63. The van der Waals surface area contributed by atoms with Crippen LogP contribution in [0.5, 0.6) is 0 Å². The van der Waals surface area contributed by atoms with Crippen LogP contribution in [0.1, 0.15) is 134 Å². The summed E-state index contributed by atoms with van der Waals surface area (Å²) in [7, 11) is 0. The standard InChI is InChI=1S/C45H69N7O5/c1-4-5-6-7-8-9-10-11-12-13-14-15-16-21-41(54)40(33-53)50-43(56)23-18-17-22-42(55)48-36-24-25-37-35(31-36)32-39(49-37)45(57)52-29-27-51(28-30-52)44-38(47-34(2)3)20-19-26-46-44/h16,19-21,24-26,31-32,34,40-41,47,49,53-54H,4-15,17-18,22-23,27-30,33H2,1-3H3,(H,48,55)(H,50,56)/b21-16+/t40?,41-/m1/s1. The number of aromatic amines is 1. The first-order valence-electron chi connectivity index (χ1n) is 21.6. The Morgan fingerprint density at radius 3 is 2.19 bits per heavy atom. The Morgan fingerprint density at radius 2 is 1.53 bits per heavy atom. The Labute approximate surface area is 340 Å². The molecule has 0 saturated carbocycles. The molecule has 1 aromatic carbocycles. The summed E-state index contributed by atoms with van der Waals surface area (Å²) in [5, 5.41) is 30.2. The van der Waals surface area contributed by atoms with Crippen LogP contribution < -0.4 is 20.9 Å². The van der Waals surface area contributed by atoms with E-state index in [4.69, 9.17) is 0 Å². The quantitative estimate of drug-likeness (QED) is 0.0353. The summed E-state index contributed by atoms with van der Waals surface area (Å²) in [6.07, 6.45) is 20.9. The molecular formula is C45H69N7O5. The highest BCUT2D eigenvalue weighted by molar-refractivity contribution is 6.00. The molecule has 0 aliphatic carbocycles. The maximum Gasteiger partial charge on any atom is 0.270 e. The van der Waals surface area contributed by atoms with Gasteiger partial charge in [0.1, 0.15) is 5.69 Å². The van der Waals surface area contributed by atoms with Crippen LogP contribution >= 0.6 is 0 Å². The molecule has 2 aromatic heterocycles. The molecule has 1 aliphatic rings. The Kier molecular flexibility index (Phi) is 19.9. The molecule has 12 heteroatoms. The van der Waals surface area contributed by atoms with E-state index in [-0.39, 0.29) is 43.2 Å². The van der Waals surface area contributed by atoms with Gasteiger partial charge in [-0.25, -0.2) is 4.98 Å². The minimum absolute atomic E-state index is 0.0619. The Balaban J connectivity index is 1.10. The van der Waals surface area contributed by atoms with Crippen molar-refractivity contribution in [2.45, 2.75) is 142 Å². The number of nitrogens with zero attached hydrogens (tertiary/aromatic N) is 3. The van der Waals surface area contributed by atoms with Gasteiger partial charge >= 0.3 is 0 Å². The lowest BCUT2D eigenvalue weighted by atomic mass is 10.0. The number of aliphatic hydroxyl groups excluding tert-OH is 2. The summed E-state index contributed by atoms with van der Waals surface area (Å²) < 4.78 is 0. The van der Waals surface area contributed by atoms with Gasteiger partial charge in [-0.05, 0) is 75.9 Å². The second kappa shape index (κ2) is 25.0. The van der Waals surface area contributed by atoms with Gasteiger partial charge in [0.05, 0.1) is 24.4 Å². The molecule has 1 unspecified atom stereocenters. The highest BCUT2D eigenvalue weighted by Gasteiger charge is 2.25. The number of aliphatic hydroxyl groups is 2. The number of carbonyl (C=O) groups is 3. The van der Waals surface area contributed by atoms with Crippen molar-refractivity contribution in [3.63, 3.8) is 0 Å². The number of rotatable bonds is 26. The molecule has 12 nitrogen and oxygen atoms in total. The minimum Gasteiger partial charge on any atom is -0.394 e. The summed E-state index contributed by atoms with van der Waals surface area (Å²) in [4.78, 5) is 50.6. The number of nitrogens with one attached hydrogen (secondary N) is 4. The zero-order valence-corrected chi connectivity index (χ0v) is 34.7. The van der Waals surface area contributed by atoms with E-state index in [9.17, 15) is 24.6 Å². The number of fused-ring (bicyclic) bond motifs is 1. The van der Waals surface area contributed by atoms with Crippen LogP contribution in [0.15, 0.2) is 54.7 Å². The molecule has 2 atom stereocenters. The highest BCUT2D eigenvalue weighted by atomic mass is 16.3. The van der Waals surface area contributed by atoms with Gasteiger partial charge in [-0.15, -0.1) is 0 Å². The normalized spacial score (nSPS) is 14.4. The van der Waals surface area contributed by atoms with E-state index in [0.29, 0.717) is 50.4 Å². The minimum atomic E-state index is -0.960. The molecule has 314 valence electrons. The van der Waals surface area contributed by atoms with E-state index < -0.39 is 12.1 Å². The molecule has 3 heterocycles. The largest absolute Gasteiger partial charge is 0.394 e. The van der Waals surface area contributed by atoms with E-state index in [1.807, 2.05) is 41.3 Å². The van der Waals surface area contributed by atoms with Crippen molar-refractivity contribution in [2.24, 2.45) is 0 Å². The van der Waals surface area contributed by atoms with E-state index in [2.05, 4.69) is 51.6 Å². The summed E-state index contributed by atoms with van der Waals surface area (Å²) in [6, 6.07) is 10.8. The van der Waals surface area contributed by atoms with Crippen LogP contribution in [0.25, 0.3) is 10.9 Å². The number of pyridine rings is 1. The summed E-state index contributed by atoms with van der Waals surface area (Å²) >= 11 is 0. The third-order valence-electron chi connectivity index (χ3n) is 10.6. The second-order valence-electron chi connectivity index (χ2n) is 15.8. The zero-order valence-electron chi connectivity index (χ0n) is 34.7. The second-order valence-corrected chi connectivity index (χ2v) is 15.8. The van der Waals surface area contributed by atoms with E-state index in [1.54, 1.807) is 18.3 Å². The Hall–Kier alpha value is -4.42. The molecule has 6 N–H and O–H groups in total. The Morgan fingerprint density at radius 1 is 0.860 bits per heavy atom. The van der Waals surface area contributed by atoms with Gasteiger partial charge in [0.25, 0.3) is 5.91 Å². The van der Waals surface area contributed by atoms with Crippen LogP contribution in [0.4, 0.5) is 17.2 Å². The molecule has 1 saturated heterocycles. The number of allylic oxidation sites excluding steroid dienone is 1. The van der Waals surface area contributed by atoms with Crippen molar-refractivity contribution in [1.29, 1.82) is 0 Å². The maximum atomic E-state index is 13.4. The first kappa shape index (κ1) is 45.3. The van der Waals surface area contributed by atoms with Crippen molar-refractivity contribution >= 4 is 45.8 Å². The van der Waals surface area contributed by atoms with E-state index >= 15 is 0 Å². The van der Waals surface area contributed by atoms with Gasteiger partial charge in [0.2, 0.25) is 11.8 Å². The van der Waals surface area contributed by atoms with E-state index in [1.165, 1.54) is 64.2 Å². The van der Waals surface area contributed by atoms with Crippen LogP contribution in [0.3, 0.4) is 0 Å². The maximum absolute atomic E-state index is 13.4. The fraction of sp³-hybridized carbons (Fsp3) is 0.600. The van der Waals surface area contributed by atoms with Crippen LogP contribution in [0, 0.1) is 0 Å². The molecule has 1 fully saturated rings. The van der Waals surface area contributed by atoms with Crippen molar-refractivity contribution in [3.8, 4) is 0 Å². The number of H-pyrrole nitrogens is 1. The number of amides is 3. The van der Waals surface area contributed by atoms with Gasteiger partial charge < -0.3 is 40.9 Å². The molecule has 57 heavy (non-hydrogen) atoms. The summed E-state index contributed by atoms with van der Waals surface area (Å²) in [6.45, 7) is 8.60. The SMILES string of the molecule is CCCCCCCCCCCCC/C=C/[C@@H](O)C(CO)NC(=O)CCCCC(=O)Nc1ccc2[nH]c(C(=O)N3CCN(c4ncccc4NC(C)C)CC3)cc2c1. The highest BCUT2D eigenvalue weighted by Crippen LogP contribution is 2.26. The number of benzene rings is 1. The van der Waals surface area contributed by atoms with Crippen molar-refractivity contribution < 1.29 is 24.6 Å². The number of unbranched alkanes of at least 4 members (excludes halogenated alkanes) is 12. The first-order chi connectivity index (χ1) is 27.7. The van der Waals surface area contributed by atoms with E-state index in [0.717, 1.165) is 35.2 Å². The van der Waals surface area contributed by atoms with Gasteiger partial charge in [-0.3, -0.25) is 14.4 Å². The van der Waals surface area contributed by atoms with Gasteiger partial charge in [-0.1, -0.05) is 83.3 Å². The number of aromatic nitrogens is 2. The first-order valence-corrected chi connectivity index (χ1v) is 21.6. The van der Waals surface area contributed by atoms with Crippen molar-refractivity contribution in [1.82, 2.24) is 20.2 Å². The number of anilines is 3. The van der Waals surface area contributed by atoms with Crippen LogP contribution in [-0.4, -0.2) is 93.8 Å². The average molecular weight is 788 g/mol. The number of hydrogen-bond donors (Lipinski definition) is 6. The lowest BCUT2D eigenvalue weighted by Crippen LogP contribution is -2.49. The van der Waals surface area contributed by atoms with Crippen LogP contribution in [-0.2, 0) is 9.59 Å². The predicted molar refractivity (Wildman–Crippen MR) is 232 cm³/mol. The van der Waals surface area contributed by atoms with Gasteiger partial charge in [0.15, 0.2) is 5.82 Å². The molecule has 1 aliphatic heterocycles. The van der Waals surface area contributed by atoms with Crippen molar-refractivity contribution in [3.05, 3.63) is 60.4 Å². The topological polar surface area (TPSA) is 163 Å².